The molecule has 0 bridgehead atoms. The minimum Gasteiger partial charge on any atom is -0.383 e. The normalized spacial score (nSPS) is 13.9. The van der Waals surface area contributed by atoms with Gasteiger partial charge < -0.3 is 25.3 Å². The molecule has 0 amide bonds. The van der Waals surface area contributed by atoms with Gasteiger partial charge in [0.2, 0.25) is 5.95 Å². The number of nitrogens with zero attached hydrogens (tertiary/aromatic N) is 4. The van der Waals surface area contributed by atoms with E-state index in [4.69, 9.17) is 20.4 Å². The summed E-state index contributed by atoms with van der Waals surface area (Å²) in [5, 5.41) is 1.27. The highest BCUT2D eigenvalue weighted by Crippen LogP contribution is 2.35. The van der Waals surface area contributed by atoms with Crippen molar-refractivity contribution in [2.45, 2.75) is 39.0 Å². The zero-order valence-electron chi connectivity index (χ0n) is 21.3. The molecule has 1 aliphatic heterocycles. The molecular formula is C29H36N6O. The van der Waals surface area contributed by atoms with E-state index >= 15 is 0 Å². The number of ether oxygens (including phenoxy) is 1. The number of nitrogens with two attached hydrogens (primary N) is 1. The predicted octanol–water partition coefficient (Wildman–Crippen LogP) is 5.41. The third-order valence-electron chi connectivity index (χ3n) is 7.08. The molecule has 3 heterocycles. The number of hydrogen-bond acceptors (Lipinski definition) is 6. The number of anilines is 4. The molecule has 1 aliphatic rings. The minimum atomic E-state index is 0.316. The van der Waals surface area contributed by atoms with Crippen molar-refractivity contribution in [2.75, 3.05) is 48.9 Å². The first-order valence-electron chi connectivity index (χ1n) is 12.9. The van der Waals surface area contributed by atoms with E-state index in [-0.39, 0.29) is 0 Å². The Morgan fingerprint density at radius 1 is 1.00 bits per heavy atom. The van der Waals surface area contributed by atoms with Crippen molar-refractivity contribution in [3.63, 3.8) is 0 Å². The Labute approximate surface area is 213 Å². The lowest BCUT2D eigenvalue weighted by atomic mass is 10.0. The highest BCUT2D eigenvalue weighted by Gasteiger charge is 2.25. The number of aryl methyl sites for hydroxylation is 2. The standard InChI is InChI=1S/C29H36N6O/c1-21-10-13-23(14-11-21)35(18-19-36-2)28-25(15-12-22-20-31-26-9-5-4-8-24(22)26)27(32-29(30)33-28)34-16-6-3-7-17-34/h4-5,8-11,13-14,20,31H,3,6-7,12,15-19H2,1-2H3,(H2,30,32,33). The Balaban J connectivity index is 1.59. The van der Waals surface area contributed by atoms with Crippen LogP contribution in [0, 0.1) is 6.92 Å². The largest absolute Gasteiger partial charge is 0.383 e. The van der Waals surface area contributed by atoms with Gasteiger partial charge in [-0.3, -0.25) is 0 Å². The number of aromatic amines is 1. The number of fused-ring (bicyclic) bond motifs is 1. The second-order valence-electron chi connectivity index (χ2n) is 9.59. The van der Waals surface area contributed by atoms with Crippen molar-refractivity contribution in [3.8, 4) is 0 Å². The fourth-order valence-corrected chi connectivity index (χ4v) is 5.15. The molecule has 0 spiro atoms. The van der Waals surface area contributed by atoms with Crippen LogP contribution >= 0.6 is 0 Å². The number of nitrogen functional groups attached to an aromatic ring is 1. The van der Waals surface area contributed by atoms with Crippen LogP contribution in [-0.2, 0) is 17.6 Å². The molecule has 2 aromatic carbocycles. The Bertz CT molecular complexity index is 1290. The first-order chi connectivity index (χ1) is 17.6. The van der Waals surface area contributed by atoms with Gasteiger partial charge in [0, 0.05) is 55.1 Å². The van der Waals surface area contributed by atoms with Crippen molar-refractivity contribution in [3.05, 3.63) is 71.4 Å². The van der Waals surface area contributed by atoms with Crippen LogP contribution in [0.15, 0.2) is 54.7 Å². The summed E-state index contributed by atoms with van der Waals surface area (Å²) in [7, 11) is 1.73. The Morgan fingerprint density at radius 2 is 1.78 bits per heavy atom. The third kappa shape index (κ3) is 5.16. The highest BCUT2D eigenvalue weighted by atomic mass is 16.5. The summed E-state index contributed by atoms with van der Waals surface area (Å²) in [4.78, 5) is 17.7. The number of piperidine rings is 1. The molecule has 188 valence electrons. The van der Waals surface area contributed by atoms with E-state index in [1.807, 2.05) is 0 Å². The summed E-state index contributed by atoms with van der Waals surface area (Å²) < 4.78 is 5.49. The molecule has 0 radical (unpaired) electrons. The monoisotopic (exact) mass is 484 g/mol. The van der Waals surface area contributed by atoms with E-state index in [0.717, 1.165) is 48.8 Å². The number of aromatic nitrogens is 3. The first kappa shape index (κ1) is 24.1. The van der Waals surface area contributed by atoms with Crippen LogP contribution in [0.5, 0.6) is 0 Å². The lowest BCUT2D eigenvalue weighted by Gasteiger charge is -2.33. The van der Waals surface area contributed by atoms with Crippen LogP contribution in [0.3, 0.4) is 0 Å². The van der Waals surface area contributed by atoms with E-state index < -0.39 is 0 Å². The van der Waals surface area contributed by atoms with Crippen LogP contribution in [0.2, 0.25) is 0 Å². The summed E-state index contributed by atoms with van der Waals surface area (Å²) in [5.41, 5.74) is 12.3. The second kappa shape index (κ2) is 11.0. The fraction of sp³-hybridized carbons (Fsp3) is 0.379. The number of benzene rings is 2. The maximum atomic E-state index is 6.36. The molecule has 4 aromatic rings. The molecule has 0 aliphatic carbocycles. The van der Waals surface area contributed by atoms with E-state index in [1.54, 1.807) is 7.11 Å². The number of para-hydroxylation sites is 1. The van der Waals surface area contributed by atoms with Crippen molar-refractivity contribution in [2.24, 2.45) is 0 Å². The molecular weight excluding hydrogens is 448 g/mol. The quantitative estimate of drug-likeness (QED) is 0.331. The first-order valence-corrected chi connectivity index (χ1v) is 12.9. The average Bonchev–Trinajstić information content (AvgIpc) is 3.32. The van der Waals surface area contributed by atoms with Gasteiger partial charge in [-0.25, -0.2) is 0 Å². The minimum absolute atomic E-state index is 0.316. The number of nitrogens with one attached hydrogen (secondary N) is 1. The van der Waals surface area contributed by atoms with Gasteiger partial charge in [-0.15, -0.1) is 0 Å². The SMILES string of the molecule is COCCN(c1ccc(C)cc1)c1nc(N)nc(N2CCCCC2)c1CCc1c[nH]c2ccccc12. The summed E-state index contributed by atoms with van der Waals surface area (Å²) in [6.07, 6.45) is 7.44. The van der Waals surface area contributed by atoms with Crippen molar-refractivity contribution in [1.82, 2.24) is 15.0 Å². The maximum Gasteiger partial charge on any atom is 0.223 e. The third-order valence-corrected chi connectivity index (χ3v) is 7.08. The predicted molar refractivity (Wildman–Crippen MR) is 148 cm³/mol. The fourth-order valence-electron chi connectivity index (χ4n) is 5.15. The molecule has 1 saturated heterocycles. The molecule has 7 heteroatoms. The van der Waals surface area contributed by atoms with Gasteiger partial charge in [-0.1, -0.05) is 35.9 Å². The van der Waals surface area contributed by atoms with E-state index in [2.05, 4.69) is 76.4 Å². The zero-order valence-corrected chi connectivity index (χ0v) is 21.3. The molecule has 36 heavy (non-hydrogen) atoms. The van der Waals surface area contributed by atoms with Gasteiger partial charge in [-0.2, -0.15) is 9.97 Å². The molecule has 5 rings (SSSR count). The van der Waals surface area contributed by atoms with Crippen molar-refractivity contribution < 1.29 is 4.74 Å². The average molecular weight is 485 g/mol. The number of H-pyrrole nitrogens is 1. The van der Waals surface area contributed by atoms with Crippen molar-refractivity contribution >= 4 is 34.2 Å². The topological polar surface area (TPSA) is 83.3 Å². The summed E-state index contributed by atoms with van der Waals surface area (Å²) in [6.45, 7) is 5.36. The highest BCUT2D eigenvalue weighted by molar-refractivity contribution is 5.83. The van der Waals surface area contributed by atoms with E-state index in [1.165, 1.54) is 41.3 Å². The molecule has 1 fully saturated rings. The van der Waals surface area contributed by atoms with Gasteiger partial charge in [0.05, 0.1) is 6.61 Å². The summed E-state index contributed by atoms with van der Waals surface area (Å²) in [5.74, 6) is 2.17. The Hall–Kier alpha value is -3.58. The number of methoxy groups -OCH3 is 1. The zero-order chi connectivity index (χ0) is 24.9. The van der Waals surface area contributed by atoms with E-state index in [9.17, 15) is 0 Å². The van der Waals surface area contributed by atoms with Crippen LogP contribution < -0.4 is 15.5 Å². The van der Waals surface area contributed by atoms with Crippen LogP contribution in [0.25, 0.3) is 10.9 Å². The molecule has 3 N–H and O–H groups in total. The van der Waals surface area contributed by atoms with Crippen molar-refractivity contribution in [1.29, 1.82) is 0 Å². The molecule has 7 nitrogen and oxygen atoms in total. The molecule has 0 saturated carbocycles. The Kier molecular flexibility index (Phi) is 7.37. The Morgan fingerprint density at radius 3 is 2.56 bits per heavy atom. The van der Waals surface area contributed by atoms with Gasteiger partial charge in [-0.05, 0) is 62.8 Å². The lowest BCUT2D eigenvalue weighted by molar-refractivity contribution is 0.207. The van der Waals surface area contributed by atoms with Gasteiger partial charge in [0.15, 0.2) is 0 Å². The lowest BCUT2D eigenvalue weighted by Crippen LogP contribution is -2.33. The second-order valence-corrected chi connectivity index (χ2v) is 9.59. The van der Waals surface area contributed by atoms with Gasteiger partial charge in [0.1, 0.15) is 11.6 Å². The summed E-state index contributed by atoms with van der Waals surface area (Å²) in [6, 6.07) is 17.0. The molecule has 0 atom stereocenters. The van der Waals surface area contributed by atoms with Crippen LogP contribution in [0.1, 0.15) is 36.0 Å². The number of hydrogen-bond donors (Lipinski definition) is 2. The number of rotatable bonds is 9. The molecule has 2 aromatic heterocycles. The van der Waals surface area contributed by atoms with Crippen LogP contribution in [-0.4, -0.2) is 48.3 Å². The summed E-state index contributed by atoms with van der Waals surface area (Å²) >= 11 is 0. The van der Waals surface area contributed by atoms with Gasteiger partial charge >= 0.3 is 0 Å². The smallest absolute Gasteiger partial charge is 0.223 e. The molecule has 0 unspecified atom stereocenters. The van der Waals surface area contributed by atoms with Crippen LogP contribution in [0.4, 0.5) is 23.3 Å². The van der Waals surface area contributed by atoms with Gasteiger partial charge in [0.25, 0.3) is 0 Å². The van der Waals surface area contributed by atoms with E-state index in [0.29, 0.717) is 19.1 Å². The maximum absolute atomic E-state index is 6.36.